The molecule has 2 heterocycles. The molecule has 186 valence electrons. The number of nitrogens with one attached hydrogen (secondary N) is 1. The smallest absolute Gasteiger partial charge is 0.322 e. The van der Waals surface area contributed by atoms with Crippen molar-refractivity contribution in [1.29, 1.82) is 0 Å². The fourth-order valence-electron chi connectivity index (χ4n) is 4.24. The second-order valence-corrected chi connectivity index (χ2v) is 10.7. The first kappa shape index (κ1) is 25.3. The molecule has 3 aromatic carbocycles. The summed E-state index contributed by atoms with van der Waals surface area (Å²) < 4.78 is 39.3. The minimum Gasteiger partial charge on any atom is -0.322 e. The predicted molar refractivity (Wildman–Crippen MR) is 147 cm³/mol. The Kier molecular flexibility index (Phi) is 6.99. The number of H-pyrrole nitrogens is 1. The number of alkyl halides is 3. The largest absolute Gasteiger partial charge is 0.416 e. The SMILES string of the molecule is O=c1cc(/C=C/c2ccc(C(F)(F)F)cc2)c2cc(C(c3ccc(Cl)cc3)c3ccc(Cl)s3)ccc2[nH]1. The van der Waals surface area contributed by atoms with Crippen molar-refractivity contribution in [2.75, 3.05) is 0 Å². The van der Waals surface area contributed by atoms with Crippen LogP contribution in [0.2, 0.25) is 9.36 Å². The van der Waals surface area contributed by atoms with Gasteiger partial charge in [0.1, 0.15) is 0 Å². The molecule has 0 aliphatic carbocycles. The first-order chi connectivity index (χ1) is 17.7. The van der Waals surface area contributed by atoms with Gasteiger partial charge < -0.3 is 4.98 Å². The molecule has 0 saturated carbocycles. The Labute approximate surface area is 224 Å². The van der Waals surface area contributed by atoms with Gasteiger partial charge in [0.05, 0.1) is 9.90 Å². The maximum atomic E-state index is 12.9. The van der Waals surface area contributed by atoms with Crippen molar-refractivity contribution in [2.24, 2.45) is 0 Å². The normalized spacial score (nSPS) is 12.9. The van der Waals surface area contributed by atoms with Gasteiger partial charge in [-0.15, -0.1) is 11.3 Å². The average Bonchev–Trinajstić information content (AvgIpc) is 3.29. The van der Waals surface area contributed by atoms with Gasteiger partial charge in [-0.25, -0.2) is 0 Å². The lowest BCUT2D eigenvalue weighted by Gasteiger charge is -2.18. The first-order valence-electron chi connectivity index (χ1n) is 11.2. The zero-order valence-corrected chi connectivity index (χ0v) is 21.3. The number of aromatic amines is 1. The molecule has 37 heavy (non-hydrogen) atoms. The second kappa shape index (κ2) is 10.2. The summed E-state index contributed by atoms with van der Waals surface area (Å²) in [7, 11) is 0. The molecule has 8 heteroatoms. The molecule has 2 nitrogen and oxygen atoms in total. The molecule has 5 aromatic rings. The van der Waals surface area contributed by atoms with Gasteiger partial charge in [0.25, 0.3) is 0 Å². The Bertz CT molecular complexity index is 1650. The van der Waals surface area contributed by atoms with Crippen LogP contribution in [-0.4, -0.2) is 4.98 Å². The van der Waals surface area contributed by atoms with Crippen LogP contribution in [0.15, 0.2) is 89.7 Å². The number of benzene rings is 3. The topological polar surface area (TPSA) is 32.9 Å². The van der Waals surface area contributed by atoms with E-state index < -0.39 is 11.7 Å². The Hall–Kier alpha value is -3.32. The van der Waals surface area contributed by atoms with Crippen LogP contribution < -0.4 is 5.56 Å². The molecule has 0 saturated heterocycles. The molecule has 0 aliphatic rings. The van der Waals surface area contributed by atoms with E-state index >= 15 is 0 Å². The van der Waals surface area contributed by atoms with Gasteiger partial charge in [-0.2, -0.15) is 13.2 Å². The van der Waals surface area contributed by atoms with Crippen LogP contribution in [0.25, 0.3) is 23.1 Å². The molecule has 0 spiro atoms. The Morgan fingerprint density at radius 2 is 1.51 bits per heavy atom. The molecule has 5 rings (SSSR count). The molecule has 0 fully saturated rings. The lowest BCUT2D eigenvalue weighted by atomic mass is 9.88. The molecule has 1 N–H and O–H groups in total. The number of aromatic nitrogens is 1. The van der Waals surface area contributed by atoms with Crippen LogP contribution in [-0.2, 0) is 6.18 Å². The zero-order chi connectivity index (χ0) is 26.2. The number of rotatable bonds is 5. The predicted octanol–water partition coefficient (Wildman–Crippen LogP) is 9.27. The summed E-state index contributed by atoms with van der Waals surface area (Å²) in [6, 6.07) is 23.7. The van der Waals surface area contributed by atoms with E-state index in [1.807, 2.05) is 54.6 Å². The second-order valence-electron chi connectivity index (χ2n) is 8.47. The van der Waals surface area contributed by atoms with Crippen LogP contribution in [0, 0.1) is 0 Å². The Balaban J connectivity index is 1.59. The molecule has 1 atom stereocenters. The Morgan fingerprint density at radius 3 is 2.16 bits per heavy atom. The molecule has 0 amide bonds. The van der Waals surface area contributed by atoms with Gasteiger partial charge in [0.2, 0.25) is 5.56 Å². The summed E-state index contributed by atoms with van der Waals surface area (Å²) in [6.45, 7) is 0. The molecular formula is C29H18Cl2F3NOS. The van der Waals surface area contributed by atoms with Crippen LogP contribution in [0.4, 0.5) is 13.2 Å². The van der Waals surface area contributed by atoms with Crippen LogP contribution in [0.5, 0.6) is 0 Å². The van der Waals surface area contributed by atoms with Crippen molar-refractivity contribution in [2.45, 2.75) is 12.1 Å². The highest BCUT2D eigenvalue weighted by Crippen LogP contribution is 2.39. The van der Waals surface area contributed by atoms with Crippen molar-refractivity contribution >= 4 is 57.6 Å². The maximum absolute atomic E-state index is 12.9. The number of hydrogen-bond donors (Lipinski definition) is 1. The minimum atomic E-state index is -4.39. The van der Waals surface area contributed by atoms with Crippen LogP contribution in [0.3, 0.4) is 0 Å². The monoisotopic (exact) mass is 555 g/mol. The highest BCUT2D eigenvalue weighted by Gasteiger charge is 2.29. The van der Waals surface area contributed by atoms with Crippen molar-refractivity contribution in [3.8, 4) is 0 Å². The summed E-state index contributed by atoms with van der Waals surface area (Å²) in [4.78, 5) is 16.2. The summed E-state index contributed by atoms with van der Waals surface area (Å²) >= 11 is 13.9. The van der Waals surface area contributed by atoms with Crippen LogP contribution in [0.1, 0.15) is 38.6 Å². The van der Waals surface area contributed by atoms with E-state index in [4.69, 9.17) is 23.2 Å². The van der Waals surface area contributed by atoms with Gasteiger partial charge in [-0.1, -0.05) is 65.7 Å². The highest BCUT2D eigenvalue weighted by molar-refractivity contribution is 7.16. The first-order valence-corrected chi connectivity index (χ1v) is 12.8. The van der Waals surface area contributed by atoms with E-state index in [2.05, 4.69) is 4.98 Å². The standard InChI is InChI=1S/C29H18Cl2F3NOS/c30-22-10-5-18(6-11-22)28(25-13-14-26(31)37-25)20-7-12-24-23(15-20)19(16-27(36)35-24)4-1-17-2-8-21(9-3-17)29(32,33)34/h1-16,28H,(H,35,36)/b4-1+. The van der Waals surface area contributed by atoms with Gasteiger partial charge >= 0.3 is 6.18 Å². The van der Waals surface area contributed by atoms with Crippen LogP contribution >= 0.6 is 34.5 Å². The number of fused-ring (bicyclic) bond motifs is 1. The summed E-state index contributed by atoms with van der Waals surface area (Å²) in [6.07, 6.45) is -0.963. The summed E-state index contributed by atoms with van der Waals surface area (Å²) in [5.74, 6) is -0.113. The van der Waals surface area contributed by atoms with E-state index in [9.17, 15) is 18.0 Å². The molecule has 0 radical (unpaired) electrons. The average molecular weight is 556 g/mol. The van der Waals surface area contributed by atoms with Gasteiger partial charge in [0, 0.05) is 32.8 Å². The van der Waals surface area contributed by atoms with Crippen molar-refractivity contribution in [1.82, 2.24) is 4.98 Å². The van der Waals surface area contributed by atoms with Gasteiger partial charge in [-0.3, -0.25) is 4.79 Å². The maximum Gasteiger partial charge on any atom is 0.416 e. The molecule has 0 bridgehead atoms. The van der Waals surface area contributed by atoms with Crippen molar-refractivity contribution in [3.05, 3.63) is 137 Å². The fraction of sp³-hybridized carbons (Fsp3) is 0.0690. The van der Waals surface area contributed by atoms with E-state index in [0.717, 1.165) is 33.5 Å². The van der Waals surface area contributed by atoms with Gasteiger partial charge in [0.15, 0.2) is 0 Å². The lowest BCUT2D eigenvalue weighted by Crippen LogP contribution is -2.06. The molecule has 0 aliphatic heterocycles. The van der Waals surface area contributed by atoms with E-state index in [1.165, 1.54) is 29.5 Å². The third-order valence-electron chi connectivity index (χ3n) is 6.01. The van der Waals surface area contributed by atoms with Crippen molar-refractivity contribution < 1.29 is 13.2 Å². The van der Waals surface area contributed by atoms with Gasteiger partial charge in [-0.05, 0) is 70.8 Å². The number of pyridine rings is 1. The fourth-order valence-corrected chi connectivity index (χ4v) is 5.59. The number of thiophene rings is 1. The Morgan fingerprint density at radius 1 is 0.811 bits per heavy atom. The minimum absolute atomic E-state index is 0.113. The highest BCUT2D eigenvalue weighted by atomic mass is 35.5. The molecule has 1 unspecified atom stereocenters. The zero-order valence-electron chi connectivity index (χ0n) is 19.0. The van der Waals surface area contributed by atoms with E-state index in [0.29, 0.717) is 26.0 Å². The number of hydrogen-bond acceptors (Lipinski definition) is 2. The third-order valence-corrected chi connectivity index (χ3v) is 7.56. The van der Waals surface area contributed by atoms with E-state index in [-0.39, 0.29) is 11.5 Å². The summed E-state index contributed by atoms with van der Waals surface area (Å²) in [5, 5.41) is 1.44. The quantitative estimate of drug-likeness (QED) is 0.230. The number of halogens is 5. The summed E-state index contributed by atoms with van der Waals surface area (Å²) in [5.41, 5.74) is 2.94. The lowest BCUT2D eigenvalue weighted by molar-refractivity contribution is -0.137. The molecular weight excluding hydrogens is 538 g/mol. The van der Waals surface area contributed by atoms with E-state index in [1.54, 1.807) is 12.2 Å². The van der Waals surface area contributed by atoms with Crippen molar-refractivity contribution in [3.63, 3.8) is 0 Å². The molecule has 2 aromatic heterocycles. The third kappa shape index (κ3) is 5.67.